The van der Waals surface area contributed by atoms with E-state index in [2.05, 4.69) is 17.4 Å². The topological polar surface area (TPSA) is 45.2 Å². The van der Waals surface area contributed by atoms with E-state index in [0.29, 0.717) is 17.2 Å². The Kier molecular flexibility index (Phi) is 4.30. The average molecular weight is 395 g/mol. The first-order chi connectivity index (χ1) is 14.2. The van der Waals surface area contributed by atoms with Crippen LogP contribution in [0.4, 0.5) is 4.79 Å². The van der Waals surface area contributed by atoms with E-state index in [1.54, 1.807) is 4.90 Å². The molecule has 4 aromatic rings. The average Bonchev–Trinajstić information content (AvgIpc) is 3.01. The van der Waals surface area contributed by atoms with Crippen LogP contribution in [-0.2, 0) is 6.54 Å². The number of amides is 2. The van der Waals surface area contributed by atoms with Crippen LogP contribution in [-0.4, -0.2) is 20.9 Å². The second-order valence-corrected chi connectivity index (χ2v) is 7.33. The van der Waals surface area contributed by atoms with Crippen molar-refractivity contribution >= 4 is 51.1 Å². The molecular formula is C24H17N3OS. The minimum atomic E-state index is -0.201. The molecule has 29 heavy (non-hydrogen) atoms. The van der Waals surface area contributed by atoms with Gasteiger partial charge >= 0.3 is 6.03 Å². The van der Waals surface area contributed by atoms with Crippen molar-refractivity contribution < 1.29 is 4.79 Å². The molecule has 4 nitrogen and oxygen atoms in total. The standard InChI is InChI=1S/C24H17N3OS/c28-24-26-23(29)22(27(24)15-16-8-2-1-3-9-16)14-19-17-10-4-6-12-20(17)25-21-13-7-5-11-18(19)21/h1-14H,15H2,(H,26,28,29)/b22-14-. The van der Waals surface area contributed by atoms with Gasteiger partial charge in [-0.3, -0.25) is 10.2 Å². The third kappa shape index (κ3) is 3.15. The van der Waals surface area contributed by atoms with Gasteiger partial charge in [0.05, 0.1) is 23.3 Å². The summed E-state index contributed by atoms with van der Waals surface area (Å²) in [7, 11) is 0. The first-order valence-corrected chi connectivity index (χ1v) is 9.77. The molecule has 140 valence electrons. The van der Waals surface area contributed by atoms with Crippen molar-refractivity contribution in [1.29, 1.82) is 0 Å². The molecule has 5 rings (SSSR count). The second kappa shape index (κ2) is 7.11. The lowest BCUT2D eigenvalue weighted by molar-refractivity contribution is 0.222. The number of urea groups is 1. The number of aromatic nitrogens is 1. The largest absolute Gasteiger partial charge is 0.327 e. The van der Waals surface area contributed by atoms with Crippen LogP contribution in [0.3, 0.4) is 0 Å². The summed E-state index contributed by atoms with van der Waals surface area (Å²) in [6, 6.07) is 25.8. The van der Waals surface area contributed by atoms with Crippen LogP contribution in [0, 0.1) is 0 Å². The van der Waals surface area contributed by atoms with Crippen molar-refractivity contribution in [2.24, 2.45) is 0 Å². The number of para-hydroxylation sites is 2. The number of carbonyl (C=O) groups is 1. The van der Waals surface area contributed by atoms with Gasteiger partial charge in [-0.1, -0.05) is 78.9 Å². The van der Waals surface area contributed by atoms with Crippen LogP contribution >= 0.6 is 12.2 Å². The molecule has 0 bridgehead atoms. The molecule has 2 amide bonds. The maximum absolute atomic E-state index is 12.6. The molecule has 1 fully saturated rings. The number of rotatable bonds is 3. The predicted molar refractivity (Wildman–Crippen MR) is 120 cm³/mol. The molecule has 1 aliphatic heterocycles. The smallest absolute Gasteiger partial charge is 0.297 e. The van der Waals surface area contributed by atoms with Crippen molar-refractivity contribution in [2.75, 3.05) is 0 Å². The summed E-state index contributed by atoms with van der Waals surface area (Å²) in [5.41, 5.74) is 4.59. The van der Waals surface area contributed by atoms with Crippen LogP contribution in [0.15, 0.2) is 84.6 Å². The zero-order valence-electron chi connectivity index (χ0n) is 15.5. The fraction of sp³-hybridized carbons (Fsp3) is 0.0417. The molecule has 0 aliphatic carbocycles. The zero-order chi connectivity index (χ0) is 19.8. The maximum atomic E-state index is 12.6. The maximum Gasteiger partial charge on any atom is 0.327 e. The second-order valence-electron chi connectivity index (χ2n) is 6.92. The van der Waals surface area contributed by atoms with Gasteiger partial charge < -0.3 is 0 Å². The van der Waals surface area contributed by atoms with Gasteiger partial charge in [0.2, 0.25) is 0 Å². The Hall–Kier alpha value is -3.57. The number of thiocarbonyl (C=S) groups is 1. The summed E-state index contributed by atoms with van der Waals surface area (Å²) >= 11 is 5.50. The highest BCUT2D eigenvalue weighted by molar-refractivity contribution is 7.80. The lowest BCUT2D eigenvalue weighted by Crippen LogP contribution is -2.27. The van der Waals surface area contributed by atoms with Gasteiger partial charge in [0.25, 0.3) is 0 Å². The molecule has 3 aromatic carbocycles. The Labute approximate surface area is 173 Å². The first-order valence-electron chi connectivity index (χ1n) is 9.37. The van der Waals surface area contributed by atoms with E-state index >= 15 is 0 Å². The molecule has 1 aromatic heterocycles. The van der Waals surface area contributed by atoms with Crippen molar-refractivity contribution in [3.8, 4) is 0 Å². The van der Waals surface area contributed by atoms with E-state index in [1.165, 1.54) is 0 Å². The predicted octanol–water partition coefficient (Wildman–Crippen LogP) is 5.28. The highest BCUT2D eigenvalue weighted by Crippen LogP contribution is 2.30. The Morgan fingerprint density at radius 1 is 0.862 bits per heavy atom. The lowest BCUT2D eigenvalue weighted by atomic mass is 10.0. The Bertz CT molecular complexity index is 1240. The van der Waals surface area contributed by atoms with Crippen molar-refractivity contribution in [3.63, 3.8) is 0 Å². The Balaban J connectivity index is 1.70. The summed E-state index contributed by atoms with van der Waals surface area (Å²) in [4.78, 5) is 19.5. The molecule has 0 spiro atoms. The number of nitrogens with zero attached hydrogens (tertiary/aromatic N) is 2. The summed E-state index contributed by atoms with van der Waals surface area (Å²) in [5, 5.41) is 4.84. The van der Waals surface area contributed by atoms with E-state index in [1.807, 2.05) is 72.8 Å². The van der Waals surface area contributed by atoms with Crippen molar-refractivity contribution in [1.82, 2.24) is 15.2 Å². The van der Waals surface area contributed by atoms with Gasteiger partial charge in [-0.05, 0) is 29.3 Å². The molecular weight excluding hydrogens is 378 g/mol. The monoisotopic (exact) mass is 395 g/mol. The van der Waals surface area contributed by atoms with Crippen molar-refractivity contribution in [3.05, 3.63) is 95.7 Å². The number of benzene rings is 3. The summed E-state index contributed by atoms with van der Waals surface area (Å²) < 4.78 is 0. The minimum absolute atomic E-state index is 0.201. The third-order valence-electron chi connectivity index (χ3n) is 5.08. The third-order valence-corrected chi connectivity index (χ3v) is 5.39. The van der Waals surface area contributed by atoms with Crippen LogP contribution in [0.25, 0.3) is 27.9 Å². The molecule has 1 N–H and O–H groups in total. The number of pyridine rings is 1. The number of carbonyl (C=O) groups excluding carboxylic acids is 1. The molecule has 0 atom stereocenters. The number of hydrogen-bond acceptors (Lipinski definition) is 3. The molecule has 0 unspecified atom stereocenters. The van der Waals surface area contributed by atoms with Crippen LogP contribution < -0.4 is 5.32 Å². The van der Waals surface area contributed by atoms with Gasteiger partial charge in [0.1, 0.15) is 4.99 Å². The van der Waals surface area contributed by atoms with Gasteiger partial charge in [-0.15, -0.1) is 0 Å². The Morgan fingerprint density at radius 3 is 2.10 bits per heavy atom. The van der Waals surface area contributed by atoms with E-state index in [4.69, 9.17) is 17.2 Å². The number of hydrogen-bond donors (Lipinski definition) is 1. The number of fused-ring (bicyclic) bond motifs is 2. The summed E-state index contributed by atoms with van der Waals surface area (Å²) in [6.07, 6.45) is 2.01. The van der Waals surface area contributed by atoms with E-state index in [-0.39, 0.29) is 6.03 Å². The molecule has 1 aliphatic rings. The van der Waals surface area contributed by atoms with Crippen LogP contribution in [0.5, 0.6) is 0 Å². The summed E-state index contributed by atoms with van der Waals surface area (Å²) in [5.74, 6) is 0. The van der Waals surface area contributed by atoms with Crippen LogP contribution in [0.2, 0.25) is 0 Å². The highest BCUT2D eigenvalue weighted by Gasteiger charge is 2.30. The van der Waals surface area contributed by atoms with Crippen LogP contribution in [0.1, 0.15) is 11.1 Å². The SMILES string of the molecule is O=C1NC(=S)/C(=C/c2c3ccccc3nc3ccccc23)N1Cc1ccccc1. The normalized spacial score (nSPS) is 15.4. The van der Waals surface area contributed by atoms with E-state index in [9.17, 15) is 4.79 Å². The minimum Gasteiger partial charge on any atom is -0.297 e. The molecule has 0 saturated carbocycles. The molecule has 0 radical (unpaired) electrons. The van der Waals surface area contributed by atoms with Gasteiger partial charge in [-0.25, -0.2) is 9.78 Å². The molecule has 1 saturated heterocycles. The number of nitrogens with one attached hydrogen (secondary N) is 1. The van der Waals surface area contributed by atoms with Gasteiger partial charge in [0, 0.05) is 10.8 Å². The Morgan fingerprint density at radius 2 is 1.45 bits per heavy atom. The fourth-order valence-corrected chi connectivity index (χ4v) is 3.95. The van der Waals surface area contributed by atoms with Gasteiger partial charge in [0.15, 0.2) is 0 Å². The fourth-order valence-electron chi connectivity index (χ4n) is 3.69. The van der Waals surface area contributed by atoms with Crippen molar-refractivity contribution in [2.45, 2.75) is 6.54 Å². The summed E-state index contributed by atoms with van der Waals surface area (Å²) in [6.45, 7) is 0.458. The first kappa shape index (κ1) is 17.5. The molecule has 5 heteroatoms. The molecule has 2 heterocycles. The lowest BCUT2D eigenvalue weighted by Gasteiger charge is -2.17. The highest BCUT2D eigenvalue weighted by atomic mass is 32.1. The van der Waals surface area contributed by atoms with Gasteiger partial charge in [-0.2, -0.15) is 0 Å². The van der Waals surface area contributed by atoms with E-state index < -0.39 is 0 Å². The quantitative estimate of drug-likeness (QED) is 0.292. The zero-order valence-corrected chi connectivity index (χ0v) is 16.3. The van der Waals surface area contributed by atoms with E-state index in [0.717, 1.165) is 32.9 Å².